The molecule has 1 aliphatic rings. The second-order valence-electron chi connectivity index (χ2n) is 7.84. The third-order valence-corrected chi connectivity index (χ3v) is 5.77. The summed E-state index contributed by atoms with van der Waals surface area (Å²) in [4.78, 5) is 25.6. The average molecular weight is 441 g/mol. The molecule has 32 heavy (non-hydrogen) atoms. The first-order chi connectivity index (χ1) is 15.5. The molecule has 2 aromatic heterocycles. The summed E-state index contributed by atoms with van der Waals surface area (Å²) < 4.78 is 7.30. The highest BCUT2D eigenvalue weighted by atomic mass is 16.6. The van der Waals surface area contributed by atoms with Gasteiger partial charge in [0.15, 0.2) is 29.3 Å². The molecule has 1 saturated heterocycles. The Hall–Kier alpha value is -3.08. The molecule has 0 bridgehead atoms. The number of carbonyl (C=O) groups is 1. The normalized spacial score (nSPS) is 23.0. The molecule has 1 aliphatic heterocycles. The Labute approximate surface area is 185 Å². The summed E-state index contributed by atoms with van der Waals surface area (Å²) >= 11 is 0. The van der Waals surface area contributed by atoms with Gasteiger partial charge in [-0.3, -0.25) is 9.36 Å². The summed E-state index contributed by atoms with van der Waals surface area (Å²) in [6.07, 6.45) is -0.214. The van der Waals surface area contributed by atoms with Crippen LogP contribution in [0.2, 0.25) is 0 Å². The van der Waals surface area contributed by atoms with Crippen LogP contribution in [0, 0.1) is 0 Å². The first-order valence-corrected chi connectivity index (χ1v) is 10.8. The van der Waals surface area contributed by atoms with Gasteiger partial charge in [-0.05, 0) is 18.4 Å². The van der Waals surface area contributed by atoms with Gasteiger partial charge in [-0.1, -0.05) is 44.2 Å². The van der Waals surface area contributed by atoms with Crippen LogP contribution in [0.25, 0.3) is 11.2 Å². The molecule has 0 saturated carbocycles. The number of rotatable bonds is 8. The molecule has 4 rings (SSSR count). The molecule has 1 aromatic carbocycles. The Balaban J connectivity index is 1.52. The molecule has 10 heteroatoms. The van der Waals surface area contributed by atoms with Crippen LogP contribution in [0.5, 0.6) is 0 Å². The van der Waals surface area contributed by atoms with Gasteiger partial charge in [0.25, 0.3) is 5.91 Å². The number of carbonyl (C=O) groups excluding carboxylic acids is 1. The summed E-state index contributed by atoms with van der Waals surface area (Å²) in [6.45, 7) is 4.47. The minimum Gasteiger partial charge on any atom is -0.387 e. The lowest BCUT2D eigenvalue weighted by atomic mass is 10.1. The van der Waals surface area contributed by atoms with Crippen molar-refractivity contribution in [3.05, 3.63) is 48.5 Å². The number of benzene rings is 1. The van der Waals surface area contributed by atoms with Crippen molar-refractivity contribution in [1.82, 2.24) is 24.8 Å². The maximum atomic E-state index is 12.6. The van der Waals surface area contributed by atoms with Crippen molar-refractivity contribution in [1.29, 1.82) is 0 Å². The number of aromatic nitrogens is 4. The Bertz CT molecular complexity index is 1060. The molecule has 0 aliphatic carbocycles. The van der Waals surface area contributed by atoms with Crippen LogP contribution in [0.1, 0.15) is 38.5 Å². The first kappa shape index (κ1) is 22.1. The number of nitrogens with one attached hydrogen (secondary N) is 2. The highest BCUT2D eigenvalue weighted by Crippen LogP contribution is 2.32. The predicted octanol–water partition coefficient (Wildman–Crippen LogP) is 1.36. The van der Waals surface area contributed by atoms with Crippen molar-refractivity contribution in [3.63, 3.8) is 0 Å². The van der Waals surface area contributed by atoms with E-state index in [0.29, 0.717) is 23.5 Å². The van der Waals surface area contributed by atoms with Crippen LogP contribution >= 0.6 is 0 Å². The van der Waals surface area contributed by atoms with Gasteiger partial charge in [-0.15, -0.1) is 0 Å². The van der Waals surface area contributed by atoms with E-state index in [1.807, 2.05) is 30.3 Å². The monoisotopic (exact) mass is 440 g/mol. The minimum absolute atomic E-state index is 0.242. The zero-order valence-corrected chi connectivity index (χ0v) is 18.0. The van der Waals surface area contributed by atoms with Crippen molar-refractivity contribution in [2.45, 2.75) is 63.8 Å². The van der Waals surface area contributed by atoms with E-state index in [0.717, 1.165) is 18.4 Å². The summed E-state index contributed by atoms with van der Waals surface area (Å²) in [5.74, 6) is 0.0886. The summed E-state index contributed by atoms with van der Waals surface area (Å²) in [7, 11) is 0. The second-order valence-corrected chi connectivity index (χ2v) is 7.84. The van der Waals surface area contributed by atoms with Crippen LogP contribution in [-0.2, 0) is 16.1 Å². The number of imidazole rings is 1. The number of aliphatic hydroxyl groups excluding tert-OH is 2. The fraction of sp³-hybridized carbons (Fsp3) is 0.455. The van der Waals surface area contributed by atoms with Gasteiger partial charge >= 0.3 is 0 Å². The number of anilines is 1. The molecule has 4 unspecified atom stereocenters. The lowest BCUT2D eigenvalue weighted by Crippen LogP contribution is -2.42. The Kier molecular flexibility index (Phi) is 6.63. The van der Waals surface area contributed by atoms with Crippen LogP contribution in [0.15, 0.2) is 43.0 Å². The van der Waals surface area contributed by atoms with E-state index in [2.05, 4.69) is 39.4 Å². The maximum absolute atomic E-state index is 12.6. The van der Waals surface area contributed by atoms with E-state index in [9.17, 15) is 15.0 Å². The molecule has 1 amide bonds. The van der Waals surface area contributed by atoms with Crippen LogP contribution < -0.4 is 10.6 Å². The maximum Gasteiger partial charge on any atom is 0.252 e. The smallest absolute Gasteiger partial charge is 0.252 e. The number of amides is 1. The number of hydrogen-bond acceptors (Lipinski definition) is 8. The van der Waals surface area contributed by atoms with Gasteiger partial charge in [-0.2, -0.15) is 0 Å². The summed E-state index contributed by atoms with van der Waals surface area (Å²) in [5, 5.41) is 27.2. The number of nitrogens with zero attached hydrogens (tertiary/aromatic N) is 4. The fourth-order valence-corrected chi connectivity index (χ4v) is 3.82. The molecule has 170 valence electrons. The van der Waals surface area contributed by atoms with Crippen molar-refractivity contribution >= 4 is 22.9 Å². The average Bonchev–Trinajstić information content (AvgIpc) is 3.38. The van der Waals surface area contributed by atoms with Crippen molar-refractivity contribution < 1.29 is 19.7 Å². The Morgan fingerprint density at radius 2 is 1.88 bits per heavy atom. The summed E-state index contributed by atoms with van der Waals surface area (Å²) in [6, 6.07) is 9.65. The molecule has 3 aromatic rings. The fourth-order valence-electron chi connectivity index (χ4n) is 3.82. The highest BCUT2D eigenvalue weighted by molar-refractivity contribution is 5.83. The number of aliphatic hydroxyl groups is 2. The molecule has 4 N–H and O–H groups in total. The molecule has 0 radical (unpaired) electrons. The van der Waals surface area contributed by atoms with E-state index in [1.165, 1.54) is 17.2 Å². The van der Waals surface area contributed by atoms with Crippen molar-refractivity contribution in [2.24, 2.45) is 0 Å². The van der Waals surface area contributed by atoms with Crippen molar-refractivity contribution in [2.75, 3.05) is 5.32 Å². The Morgan fingerprint density at radius 1 is 1.12 bits per heavy atom. The van der Waals surface area contributed by atoms with E-state index in [-0.39, 0.29) is 6.04 Å². The van der Waals surface area contributed by atoms with Gasteiger partial charge in [0, 0.05) is 12.6 Å². The van der Waals surface area contributed by atoms with E-state index in [4.69, 9.17) is 4.74 Å². The minimum atomic E-state index is -1.39. The quantitative estimate of drug-likeness (QED) is 0.413. The first-order valence-electron chi connectivity index (χ1n) is 10.8. The van der Waals surface area contributed by atoms with Gasteiger partial charge in [0.2, 0.25) is 0 Å². The largest absolute Gasteiger partial charge is 0.387 e. The van der Waals surface area contributed by atoms with Gasteiger partial charge in [0.1, 0.15) is 18.5 Å². The van der Waals surface area contributed by atoms with Gasteiger partial charge in [0.05, 0.1) is 6.33 Å². The number of ether oxygens (including phenoxy) is 1. The molecule has 0 spiro atoms. The van der Waals surface area contributed by atoms with Gasteiger partial charge < -0.3 is 25.6 Å². The molecule has 4 atom stereocenters. The number of hydrogen-bond donors (Lipinski definition) is 4. The standard InChI is InChI=1S/C22H28N6O4/c1-3-14(4-2)27-19-15-20(25-11-24-19)28(12-26-15)22-17(30)16(29)18(32-22)21(31)23-10-13-8-6-5-7-9-13/h5-9,11-12,14,16-18,22,29-30H,3-4,10H2,1-2H3,(H,23,31)(H,24,25,27). The number of fused-ring (bicyclic) bond motifs is 1. The predicted molar refractivity (Wildman–Crippen MR) is 118 cm³/mol. The molecule has 10 nitrogen and oxygen atoms in total. The zero-order valence-electron chi connectivity index (χ0n) is 18.0. The molecular formula is C22H28N6O4. The van der Waals surface area contributed by atoms with Crippen LogP contribution in [-0.4, -0.2) is 60.0 Å². The van der Waals surface area contributed by atoms with E-state index >= 15 is 0 Å². The highest BCUT2D eigenvalue weighted by Gasteiger charge is 2.47. The van der Waals surface area contributed by atoms with Crippen LogP contribution in [0.3, 0.4) is 0 Å². The lowest BCUT2D eigenvalue weighted by Gasteiger charge is -2.17. The molecule has 3 heterocycles. The Morgan fingerprint density at radius 3 is 2.59 bits per heavy atom. The third kappa shape index (κ3) is 4.29. The van der Waals surface area contributed by atoms with Gasteiger partial charge in [-0.25, -0.2) is 15.0 Å². The lowest BCUT2D eigenvalue weighted by molar-refractivity contribution is -0.137. The third-order valence-electron chi connectivity index (χ3n) is 5.77. The van der Waals surface area contributed by atoms with E-state index < -0.39 is 30.4 Å². The zero-order chi connectivity index (χ0) is 22.7. The topological polar surface area (TPSA) is 134 Å². The second kappa shape index (κ2) is 9.60. The molecule has 1 fully saturated rings. The summed E-state index contributed by atoms with van der Waals surface area (Å²) in [5.41, 5.74) is 1.89. The molecular weight excluding hydrogens is 412 g/mol. The van der Waals surface area contributed by atoms with Crippen molar-refractivity contribution in [3.8, 4) is 0 Å². The van der Waals surface area contributed by atoms with Crippen LogP contribution in [0.4, 0.5) is 5.82 Å². The van der Waals surface area contributed by atoms with E-state index in [1.54, 1.807) is 0 Å². The SMILES string of the molecule is CCC(CC)Nc1ncnc2c1ncn2C1OC(C(=O)NCc2ccccc2)C(O)C1O.